The summed E-state index contributed by atoms with van der Waals surface area (Å²) in [6, 6.07) is 6.11. The third-order valence-corrected chi connectivity index (χ3v) is 2.67. The highest BCUT2D eigenvalue weighted by atomic mass is 32.2. The number of carboxylic acids is 1. The lowest BCUT2D eigenvalue weighted by Crippen LogP contribution is -2.29. The van der Waals surface area contributed by atoms with Crippen molar-refractivity contribution in [3.8, 4) is 0 Å². The summed E-state index contributed by atoms with van der Waals surface area (Å²) in [5, 5.41) is 8.34. The molecule has 0 saturated carbocycles. The average molecular weight is 417 g/mol. The highest BCUT2D eigenvalue weighted by molar-refractivity contribution is 7.90. The van der Waals surface area contributed by atoms with E-state index in [0.29, 0.717) is 0 Å². The quantitative estimate of drug-likeness (QED) is 0.711. The molecular weight excluding hydrogens is 398 g/mol. The van der Waals surface area contributed by atoms with E-state index >= 15 is 0 Å². The summed E-state index contributed by atoms with van der Waals surface area (Å²) in [5.74, 6) is -1.61. The van der Waals surface area contributed by atoms with Crippen LogP contribution < -0.4 is 4.72 Å². The normalized spacial score (nSPS) is 10.3. The standard InChI is InChI=1S/C7H8N2O3S.C6H5NO2.C2H6O2S/c1-13(11,12)9-7(10)6-3-2-4-8-5-6;8-6(9)5-2-1-3-7-4-5;1-5(2,3)4/h2-5H,1H3,(H,9,10);1-4H,(H,8,9);1-2H3. The zero-order valence-corrected chi connectivity index (χ0v) is 16.4. The van der Waals surface area contributed by atoms with Gasteiger partial charge in [-0.1, -0.05) is 0 Å². The molecule has 27 heavy (non-hydrogen) atoms. The van der Waals surface area contributed by atoms with Gasteiger partial charge in [-0.2, -0.15) is 0 Å². The number of sulfonamides is 1. The van der Waals surface area contributed by atoms with Gasteiger partial charge in [0.25, 0.3) is 5.91 Å². The number of hydrogen-bond acceptors (Lipinski definition) is 8. The molecule has 12 heteroatoms. The molecule has 0 aliphatic heterocycles. The number of sulfone groups is 1. The van der Waals surface area contributed by atoms with Gasteiger partial charge >= 0.3 is 5.97 Å². The number of amides is 1. The molecule has 0 spiro atoms. The maximum Gasteiger partial charge on any atom is 0.337 e. The van der Waals surface area contributed by atoms with Crippen LogP contribution in [-0.4, -0.2) is 62.6 Å². The second-order valence-electron chi connectivity index (χ2n) is 5.13. The highest BCUT2D eigenvalue weighted by Crippen LogP contribution is 1.95. The number of carbonyl (C=O) groups is 2. The summed E-state index contributed by atoms with van der Waals surface area (Å²) in [6.45, 7) is 0. The van der Waals surface area contributed by atoms with Crippen LogP contribution >= 0.6 is 0 Å². The average Bonchev–Trinajstić information content (AvgIpc) is 2.54. The van der Waals surface area contributed by atoms with Crippen LogP contribution in [0.2, 0.25) is 0 Å². The lowest BCUT2D eigenvalue weighted by molar-refractivity contribution is 0.0696. The Morgan fingerprint density at radius 3 is 1.56 bits per heavy atom. The Kier molecular flexibility index (Phi) is 9.82. The van der Waals surface area contributed by atoms with E-state index in [0.717, 1.165) is 18.8 Å². The van der Waals surface area contributed by atoms with Crippen LogP contribution in [0.5, 0.6) is 0 Å². The van der Waals surface area contributed by atoms with Crippen molar-refractivity contribution in [2.45, 2.75) is 0 Å². The minimum Gasteiger partial charge on any atom is -0.478 e. The summed E-state index contributed by atoms with van der Waals surface area (Å²) in [7, 11) is -6.17. The van der Waals surface area contributed by atoms with E-state index in [1.165, 1.54) is 36.9 Å². The molecule has 2 heterocycles. The molecule has 2 N–H and O–H groups in total. The third-order valence-electron chi connectivity index (χ3n) is 2.11. The summed E-state index contributed by atoms with van der Waals surface area (Å²) >= 11 is 0. The molecule has 0 unspecified atom stereocenters. The first-order valence-electron chi connectivity index (χ1n) is 7.00. The van der Waals surface area contributed by atoms with Gasteiger partial charge in [0.2, 0.25) is 10.0 Å². The van der Waals surface area contributed by atoms with Gasteiger partial charge in [0.05, 0.1) is 17.4 Å². The van der Waals surface area contributed by atoms with Crippen molar-refractivity contribution in [3.63, 3.8) is 0 Å². The Morgan fingerprint density at radius 2 is 1.30 bits per heavy atom. The number of hydrogen-bond donors (Lipinski definition) is 2. The molecule has 0 radical (unpaired) electrons. The molecule has 2 rings (SSSR count). The van der Waals surface area contributed by atoms with Crippen molar-refractivity contribution in [1.29, 1.82) is 0 Å². The van der Waals surface area contributed by atoms with Crippen LogP contribution in [-0.2, 0) is 19.9 Å². The molecule has 10 nitrogen and oxygen atoms in total. The summed E-state index contributed by atoms with van der Waals surface area (Å²) in [5.41, 5.74) is 0.436. The van der Waals surface area contributed by atoms with Crippen molar-refractivity contribution >= 4 is 31.7 Å². The maximum atomic E-state index is 11.1. The molecule has 0 aliphatic carbocycles. The SMILES string of the molecule is CS(=O)(=O)NC(=O)c1cccnc1.CS(C)(=O)=O.O=C(O)c1cccnc1. The van der Waals surface area contributed by atoms with Gasteiger partial charge in [0, 0.05) is 37.3 Å². The van der Waals surface area contributed by atoms with Gasteiger partial charge in [-0.25, -0.2) is 26.4 Å². The molecule has 0 fully saturated rings. The fourth-order valence-corrected chi connectivity index (χ4v) is 1.67. The van der Waals surface area contributed by atoms with Gasteiger partial charge in [0.1, 0.15) is 9.84 Å². The maximum absolute atomic E-state index is 11.1. The number of rotatable bonds is 3. The van der Waals surface area contributed by atoms with E-state index in [1.807, 2.05) is 4.72 Å². The molecule has 2 aromatic rings. The number of nitrogens with one attached hydrogen (secondary N) is 1. The first kappa shape index (κ1) is 24.1. The first-order valence-corrected chi connectivity index (χ1v) is 11.2. The Bertz CT molecular complexity index is 937. The van der Waals surface area contributed by atoms with Crippen LogP contribution in [0.3, 0.4) is 0 Å². The predicted molar refractivity (Wildman–Crippen MR) is 98.5 cm³/mol. The number of nitrogens with zero attached hydrogens (tertiary/aromatic N) is 2. The van der Waals surface area contributed by atoms with Crippen molar-refractivity contribution in [2.24, 2.45) is 0 Å². The highest BCUT2D eigenvalue weighted by Gasteiger charge is 2.09. The molecule has 0 atom stereocenters. The van der Waals surface area contributed by atoms with E-state index in [4.69, 9.17) is 5.11 Å². The van der Waals surface area contributed by atoms with Crippen LogP contribution in [0.25, 0.3) is 0 Å². The van der Waals surface area contributed by atoms with E-state index in [9.17, 15) is 26.4 Å². The molecule has 2 aromatic heterocycles. The summed E-state index contributed by atoms with van der Waals surface area (Å²) in [4.78, 5) is 28.6. The molecule has 0 bridgehead atoms. The van der Waals surface area contributed by atoms with E-state index in [-0.39, 0.29) is 11.1 Å². The van der Waals surface area contributed by atoms with Crippen LogP contribution in [0, 0.1) is 0 Å². The van der Waals surface area contributed by atoms with E-state index in [1.54, 1.807) is 12.1 Å². The van der Waals surface area contributed by atoms with Crippen molar-refractivity contribution in [1.82, 2.24) is 14.7 Å². The fraction of sp³-hybridized carbons (Fsp3) is 0.200. The van der Waals surface area contributed by atoms with Crippen molar-refractivity contribution in [3.05, 3.63) is 60.2 Å². The molecular formula is C15H19N3O7S2. The zero-order chi connectivity index (χ0) is 21.1. The lowest BCUT2D eigenvalue weighted by Gasteiger charge is -2.00. The number of carbonyl (C=O) groups excluding carboxylic acids is 1. The Hall–Kier alpha value is -2.86. The molecule has 148 valence electrons. The predicted octanol–water partition coefficient (Wildman–Crippen LogP) is 0.212. The lowest BCUT2D eigenvalue weighted by atomic mass is 10.3. The first-order chi connectivity index (χ1) is 12.3. The monoisotopic (exact) mass is 417 g/mol. The molecule has 0 aliphatic rings. The fourth-order valence-electron chi connectivity index (χ4n) is 1.21. The molecule has 1 amide bonds. The minimum absolute atomic E-state index is 0.216. The minimum atomic E-state index is -3.50. The Balaban J connectivity index is 0.000000419. The summed E-state index contributed by atoms with van der Waals surface area (Å²) < 4.78 is 42.4. The molecule has 0 aromatic carbocycles. The smallest absolute Gasteiger partial charge is 0.337 e. The van der Waals surface area contributed by atoms with Crippen LogP contribution in [0.1, 0.15) is 20.7 Å². The number of aromatic nitrogens is 2. The largest absolute Gasteiger partial charge is 0.478 e. The van der Waals surface area contributed by atoms with Gasteiger partial charge in [0.15, 0.2) is 0 Å². The van der Waals surface area contributed by atoms with Crippen molar-refractivity contribution < 1.29 is 31.5 Å². The molecule has 0 saturated heterocycles. The Morgan fingerprint density at radius 1 is 0.889 bits per heavy atom. The van der Waals surface area contributed by atoms with Crippen molar-refractivity contribution in [2.75, 3.05) is 18.8 Å². The summed E-state index contributed by atoms with van der Waals surface area (Å²) in [6.07, 6.45) is 8.87. The third kappa shape index (κ3) is 15.1. The topological polar surface area (TPSA) is 160 Å². The van der Waals surface area contributed by atoms with E-state index < -0.39 is 31.7 Å². The van der Waals surface area contributed by atoms with Gasteiger partial charge < -0.3 is 5.11 Å². The number of pyridine rings is 2. The van der Waals surface area contributed by atoms with Gasteiger partial charge in [-0.3, -0.25) is 14.8 Å². The van der Waals surface area contributed by atoms with E-state index in [2.05, 4.69) is 9.97 Å². The second-order valence-corrected chi connectivity index (χ2v) is 9.17. The second kappa shape index (κ2) is 11.0. The van der Waals surface area contributed by atoms with Gasteiger partial charge in [-0.15, -0.1) is 0 Å². The van der Waals surface area contributed by atoms with Gasteiger partial charge in [-0.05, 0) is 24.3 Å². The number of carboxylic acid groups (broad SMARTS) is 1. The van der Waals surface area contributed by atoms with Crippen LogP contribution in [0.15, 0.2) is 49.1 Å². The Labute approximate surface area is 157 Å². The van der Waals surface area contributed by atoms with Crippen LogP contribution in [0.4, 0.5) is 0 Å². The number of aromatic carboxylic acids is 1. The zero-order valence-electron chi connectivity index (χ0n) is 14.7.